The first-order valence-corrected chi connectivity index (χ1v) is 7.50. The molecule has 25 heavy (non-hydrogen) atoms. The smallest absolute Gasteiger partial charge is 0.312 e. The molecular weight excluding hydrogens is 332 g/mol. The highest BCUT2D eigenvalue weighted by Crippen LogP contribution is 2.26. The quantitative estimate of drug-likeness (QED) is 0.341. The van der Waals surface area contributed by atoms with E-state index in [1.807, 2.05) is 0 Å². The van der Waals surface area contributed by atoms with E-state index >= 15 is 0 Å². The number of carbonyl (C=O) groups is 2. The normalized spacial score (nSPS) is 12.2. The van der Waals surface area contributed by atoms with E-state index < -0.39 is 28.4 Å². The van der Waals surface area contributed by atoms with Gasteiger partial charge in [-0.25, -0.2) is 0 Å². The molecule has 1 unspecified atom stereocenters. The maximum atomic E-state index is 11.9. The van der Waals surface area contributed by atoms with Crippen molar-refractivity contribution in [2.75, 3.05) is 19.5 Å². The number of nitrogen functional groups attached to an aromatic ring is 1. The number of esters is 2. The number of methoxy groups -OCH3 is 1. The number of carbonyl (C=O) groups excluding carboxylic acids is 2. The zero-order valence-corrected chi connectivity index (χ0v) is 14.6. The molecule has 0 saturated carbocycles. The van der Waals surface area contributed by atoms with Gasteiger partial charge in [0.25, 0.3) is 5.69 Å². The maximum absolute atomic E-state index is 11.9. The van der Waals surface area contributed by atoms with E-state index in [0.717, 1.165) is 0 Å². The van der Waals surface area contributed by atoms with E-state index in [9.17, 15) is 19.7 Å². The van der Waals surface area contributed by atoms with Crippen molar-refractivity contribution in [1.29, 1.82) is 0 Å². The number of nitro benzene ring substituents is 1. The lowest BCUT2D eigenvalue weighted by molar-refractivity contribution is -0.383. The zero-order valence-electron chi connectivity index (χ0n) is 14.6. The van der Waals surface area contributed by atoms with Crippen LogP contribution in [0, 0.1) is 16.0 Å². The highest BCUT2D eigenvalue weighted by Gasteiger charge is 2.27. The molecule has 0 amide bonds. The van der Waals surface area contributed by atoms with Crippen LogP contribution in [0.5, 0.6) is 5.75 Å². The number of nitro groups is 1. The van der Waals surface area contributed by atoms with Gasteiger partial charge in [-0.05, 0) is 26.8 Å². The first-order chi connectivity index (χ1) is 11.5. The number of rotatable bonds is 7. The van der Waals surface area contributed by atoms with Crippen molar-refractivity contribution in [1.82, 2.24) is 0 Å². The number of nitrogens with two attached hydrogens (primary N) is 1. The number of benzene rings is 1. The van der Waals surface area contributed by atoms with Crippen LogP contribution in [0.25, 0.3) is 0 Å². The fourth-order valence-corrected chi connectivity index (χ4v) is 1.95. The summed E-state index contributed by atoms with van der Waals surface area (Å²) < 4.78 is 15.3. The van der Waals surface area contributed by atoms with E-state index in [-0.39, 0.29) is 30.2 Å². The lowest BCUT2D eigenvalue weighted by atomic mass is 10.1. The van der Waals surface area contributed by atoms with Gasteiger partial charge >= 0.3 is 11.9 Å². The van der Waals surface area contributed by atoms with E-state index in [2.05, 4.69) is 4.74 Å². The fourth-order valence-electron chi connectivity index (χ4n) is 1.95. The van der Waals surface area contributed by atoms with Gasteiger partial charge in [0.2, 0.25) is 0 Å². The summed E-state index contributed by atoms with van der Waals surface area (Å²) in [5.41, 5.74) is 4.59. The molecule has 0 fully saturated rings. The minimum atomic E-state index is -0.878. The van der Waals surface area contributed by atoms with Gasteiger partial charge in [-0.2, -0.15) is 0 Å². The number of ether oxygens (including phenoxy) is 3. The molecule has 0 saturated heterocycles. The third-order valence-electron chi connectivity index (χ3n) is 3.01. The Morgan fingerprint density at radius 2 is 1.96 bits per heavy atom. The van der Waals surface area contributed by atoms with Gasteiger partial charge in [0.05, 0.1) is 18.5 Å². The van der Waals surface area contributed by atoms with Crippen LogP contribution in [-0.2, 0) is 19.1 Å². The first-order valence-electron chi connectivity index (χ1n) is 7.50. The fraction of sp³-hybridized carbons (Fsp3) is 0.500. The molecule has 1 atom stereocenters. The van der Waals surface area contributed by atoms with Gasteiger partial charge in [-0.15, -0.1) is 0 Å². The minimum Gasteiger partial charge on any atom is -0.493 e. The molecule has 1 aromatic carbocycles. The first kappa shape index (κ1) is 20.2. The number of anilines is 1. The Kier molecular flexibility index (Phi) is 6.72. The third kappa shape index (κ3) is 6.66. The summed E-state index contributed by atoms with van der Waals surface area (Å²) in [6.45, 7) is 4.99. The summed E-state index contributed by atoms with van der Waals surface area (Å²) in [5, 5.41) is 10.7. The van der Waals surface area contributed by atoms with Crippen LogP contribution in [0.15, 0.2) is 18.2 Å². The van der Waals surface area contributed by atoms with Crippen molar-refractivity contribution in [2.24, 2.45) is 5.92 Å². The summed E-state index contributed by atoms with van der Waals surface area (Å²) in [4.78, 5) is 33.8. The lowest BCUT2D eigenvalue weighted by Crippen LogP contribution is -2.30. The maximum Gasteiger partial charge on any atom is 0.312 e. The van der Waals surface area contributed by atoms with Crippen molar-refractivity contribution < 1.29 is 28.7 Å². The molecule has 0 aliphatic rings. The van der Waals surface area contributed by atoms with Gasteiger partial charge in [-0.1, -0.05) is 0 Å². The van der Waals surface area contributed by atoms with Crippen LogP contribution in [-0.4, -0.2) is 36.2 Å². The van der Waals surface area contributed by atoms with Crippen molar-refractivity contribution in [2.45, 2.75) is 32.8 Å². The lowest BCUT2D eigenvalue weighted by Gasteiger charge is -2.21. The highest BCUT2D eigenvalue weighted by atomic mass is 16.6. The predicted molar refractivity (Wildman–Crippen MR) is 89.0 cm³/mol. The van der Waals surface area contributed by atoms with E-state index in [1.165, 1.54) is 25.3 Å². The van der Waals surface area contributed by atoms with Crippen LogP contribution in [0.3, 0.4) is 0 Å². The Labute approximate surface area is 145 Å². The average molecular weight is 354 g/mol. The Balaban J connectivity index is 2.76. The molecule has 0 bridgehead atoms. The molecule has 9 heteroatoms. The predicted octanol–water partition coefficient (Wildman–Crippen LogP) is 2.08. The molecule has 0 aromatic heterocycles. The molecular formula is C16H22N2O7. The van der Waals surface area contributed by atoms with Crippen molar-refractivity contribution in [3.05, 3.63) is 28.3 Å². The standard InChI is InChI=1S/C16H22N2O7/c1-16(2,3)25-14(19)7-10(15(20)23-4)9-24-11-5-6-13(18(21)22)12(17)8-11/h5-6,8,10H,7,9,17H2,1-4H3. The molecule has 0 aliphatic heterocycles. The topological polar surface area (TPSA) is 131 Å². The Morgan fingerprint density at radius 3 is 2.44 bits per heavy atom. The molecule has 1 rings (SSSR count). The summed E-state index contributed by atoms with van der Waals surface area (Å²) in [5.74, 6) is -1.83. The van der Waals surface area contributed by atoms with Gasteiger partial charge in [-0.3, -0.25) is 19.7 Å². The second-order valence-corrected chi connectivity index (χ2v) is 6.30. The minimum absolute atomic E-state index is 0.0655. The molecule has 0 aliphatic carbocycles. The van der Waals surface area contributed by atoms with Crippen LogP contribution >= 0.6 is 0 Å². The van der Waals surface area contributed by atoms with E-state index in [1.54, 1.807) is 20.8 Å². The van der Waals surface area contributed by atoms with Crippen LogP contribution in [0.1, 0.15) is 27.2 Å². The van der Waals surface area contributed by atoms with Gasteiger partial charge < -0.3 is 19.9 Å². The summed E-state index contributed by atoms with van der Waals surface area (Å²) in [7, 11) is 1.20. The van der Waals surface area contributed by atoms with Gasteiger partial charge in [0.15, 0.2) is 0 Å². The largest absolute Gasteiger partial charge is 0.493 e. The SMILES string of the molecule is COC(=O)C(COc1ccc([N+](=O)[O-])c(N)c1)CC(=O)OC(C)(C)C. The average Bonchev–Trinajstić information content (AvgIpc) is 2.48. The molecule has 1 aromatic rings. The van der Waals surface area contributed by atoms with Crippen molar-refractivity contribution >= 4 is 23.3 Å². The zero-order chi connectivity index (χ0) is 19.2. The Hall–Kier alpha value is -2.84. The van der Waals surface area contributed by atoms with E-state index in [4.69, 9.17) is 15.2 Å². The van der Waals surface area contributed by atoms with Crippen molar-refractivity contribution in [3.8, 4) is 5.75 Å². The van der Waals surface area contributed by atoms with Gasteiger partial charge in [0.1, 0.15) is 29.6 Å². The van der Waals surface area contributed by atoms with Crippen LogP contribution < -0.4 is 10.5 Å². The molecule has 138 valence electrons. The highest BCUT2D eigenvalue weighted by molar-refractivity contribution is 5.80. The number of nitrogens with zero attached hydrogens (tertiary/aromatic N) is 1. The Bertz CT molecular complexity index is 652. The molecule has 0 radical (unpaired) electrons. The number of hydrogen-bond donors (Lipinski definition) is 1. The van der Waals surface area contributed by atoms with Crippen LogP contribution in [0.4, 0.5) is 11.4 Å². The summed E-state index contributed by atoms with van der Waals surface area (Å²) in [6.07, 6.45) is -0.216. The van der Waals surface area contributed by atoms with E-state index in [0.29, 0.717) is 0 Å². The second kappa shape index (κ2) is 8.32. The molecule has 2 N–H and O–H groups in total. The van der Waals surface area contributed by atoms with Crippen LogP contribution in [0.2, 0.25) is 0 Å². The third-order valence-corrected chi connectivity index (χ3v) is 3.01. The number of hydrogen-bond acceptors (Lipinski definition) is 8. The second-order valence-electron chi connectivity index (χ2n) is 6.30. The summed E-state index contributed by atoms with van der Waals surface area (Å²) in [6, 6.07) is 3.84. The van der Waals surface area contributed by atoms with Gasteiger partial charge in [0, 0.05) is 12.1 Å². The molecule has 0 heterocycles. The monoisotopic (exact) mass is 354 g/mol. The Morgan fingerprint density at radius 1 is 1.32 bits per heavy atom. The molecule has 9 nitrogen and oxygen atoms in total. The van der Waals surface area contributed by atoms with Crippen molar-refractivity contribution in [3.63, 3.8) is 0 Å². The summed E-state index contributed by atoms with van der Waals surface area (Å²) >= 11 is 0. The molecule has 0 spiro atoms.